The van der Waals surface area contributed by atoms with Gasteiger partial charge in [0.2, 0.25) is 15.9 Å². The lowest BCUT2D eigenvalue weighted by atomic mass is 9.72. The van der Waals surface area contributed by atoms with Gasteiger partial charge in [-0.1, -0.05) is 42.5 Å². The van der Waals surface area contributed by atoms with Crippen molar-refractivity contribution in [2.45, 2.75) is 69.1 Å². The second-order valence-electron chi connectivity index (χ2n) is 11.2. The molecule has 0 aliphatic heterocycles. The average Bonchev–Trinajstić information content (AvgIpc) is 2.92. The summed E-state index contributed by atoms with van der Waals surface area (Å²) < 4.78 is 44.1. The van der Waals surface area contributed by atoms with Gasteiger partial charge in [-0.15, -0.1) is 0 Å². The Labute approximate surface area is 235 Å². The van der Waals surface area contributed by atoms with Gasteiger partial charge in [-0.3, -0.25) is 14.1 Å². The predicted octanol–water partition coefficient (Wildman–Crippen LogP) is 5.48. The highest BCUT2D eigenvalue weighted by Gasteiger charge is 2.36. The molecule has 1 heterocycles. The van der Waals surface area contributed by atoms with Gasteiger partial charge in [0.15, 0.2) is 0 Å². The molecule has 3 aromatic rings. The molecule has 0 unspecified atom stereocenters. The third-order valence-electron chi connectivity index (χ3n) is 8.60. The van der Waals surface area contributed by atoms with Crippen molar-refractivity contribution in [2.24, 2.45) is 17.4 Å². The number of nitrogens with two attached hydrogens (primary N) is 2. The van der Waals surface area contributed by atoms with Crippen LogP contribution in [0.2, 0.25) is 0 Å². The van der Waals surface area contributed by atoms with E-state index in [9.17, 15) is 13.2 Å². The van der Waals surface area contributed by atoms with Crippen LogP contribution in [0.25, 0.3) is 22.4 Å². The van der Waals surface area contributed by atoms with Crippen molar-refractivity contribution in [1.82, 2.24) is 4.98 Å². The standard InChI is InChI=1S/C31H37FN4O3S/c1-2-36(40(38,39)25-14-8-21(9-15-25)18-29(33)37)24-19-27(26-6-3-4-7-28(26)32)30(35-20-24)22-10-12-23(13-11-22)31(34)16-5-17-31/h3-4,6-7,10-13,19-21,25H,2,5,8-9,14-18,34H2,1H3,(H2,33,37). The predicted molar refractivity (Wildman–Crippen MR) is 156 cm³/mol. The van der Waals surface area contributed by atoms with Crippen LogP contribution in [0.3, 0.4) is 0 Å². The third kappa shape index (κ3) is 5.49. The summed E-state index contributed by atoms with van der Waals surface area (Å²) in [6.07, 6.45) is 7.09. The van der Waals surface area contributed by atoms with Gasteiger partial charge >= 0.3 is 0 Å². The first-order chi connectivity index (χ1) is 19.1. The van der Waals surface area contributed by atoms with Crippen molar-refractivity contribution < 1.29 is 17.6 Å². The van der Waals surface area contributed by atoms with Gasteiger partial charge in [0.1, 0.15) is 5.82 Å². The highest BCUT2D eigenvalue weighted by molar-refractivity contribution is 7.93. The summed E-state index contributed by atoms with van der Waals surface area (Å²) in [5.74, 6) is -0.639. The molecule has 2 fully saturated rings. The molecule has 2 saturated carbocycles. The summed E-state index contributed by atoms with van der Waals surface area (Å²) in [6.45, 7) is 2.00. The molecule has 2 aliphatic carbocycles. The van der Waals surface area contributed by atoms with E-state index < -0.39 is 21.1 Å². The van der Waals surface area contributed by atoms with Crippen molar-refractivity contribution in [3.8, 4) is 22.4 Å². The SMILES string of the molecule is CCN(c1cnc(-c2ccc(C3(N)CCC3)cc2)c(-c2ccccc2F)c1)S(=O)(=O)C1CCC(CC(N)=O)CC1. The number of halogens is 1. The van der Waals surface area contributed by atoms with E-state index >= 15 is 4.39 Å². The Hall–Kier alpha value is -3.30. The Morgan fingerprint density at radius 1 is 1.05 bits per heavy atom. The molecule has 1 amide bonds. The van der Waals surface area contributed by atoms with E-state index in [1.807, 2.05) is 24.3 Å². The van der Waals surface area contributed by atoms with Gasteiger partial charge in [0.05, 0.1) is 22.8 Å². The molecule has 2 aliphatic rings. The van der Waals surface area contributed by atoms with Gasteiger partial charge in [0, 0.05) is 35.2 Å². The van der Waals surface area contributed by atoms with Crippen LogP contribution < -0.4 is 15.8 Å². The fourth-order valence-electron chi connectivity index (χ4n) is 6.12. The summed E-state index contributed by atoms with van der Waals surface area (Å²) >= 11 is 0. The first kappa shape index (κ1) is 28.2. The Balaban J connectivity index is 1.50. The molecule has 0 spiro atoms. The third-order valence-corrected chi connectivity index (χ3v) is 11.0. The number of primary amides is 1. The van der Waals surface area contributed by atoms with Crippen molar-refractivity contribution >= 4 is 21.6 Å². The number of nitrogens with zero attached hydrogens (tertiary/aromatic N) is 2. The number of hydrogen-bond donors (Lipinski definition) is 2. The smallest absolute Gasteiger partial charge is 0.238 e. The Morgan fingerprint density at radius 2 is 1.73 bits per heavy atom. The minimum atomic E-state index is -3.71. The van der Waals surface area contributed by atoms with Crippen LogP contribution >= 0.6 is 0 Å². The number of sulfonamides is 1. The fraction of sp³-hybridized carbons (Fsp3) is 0.419. The van der Waals surface area contributed by atoms with Crippen molar-refractivity contribution in [1.29, 1.82) is 0 Å². The second kappa shape index (κ2) is 11.3. The first-order valence-corrected chi connectivity index (χ1v) is 15.6. The van der Waals surface area contributed by atoms with Crippen molar-refractivity contribution in [3.63, 3.8) is 0 Å². The molecule has 7 nitrogen and oxygen atoms in total. The second-order valence-corrected chi connectivity index (χ2v) is 13.3. The van der Waals surface area contributed by atoms with Crippen molar-refractivity contribution in [3.05, 3.63) is 72.2 Å². The van der Waals surface area contributed by atoms with E-state index in [2.05, 4.69) is 0 Å². The molecular formula is C31H37FN4O3S. The number of benzene rings is 2. The lowest BCUT2D eigenvalue weighted by Crippen LogP contribution is -2.43. The molecule has 4 N–H and O–H groups in total. The summed E-state index contributed by atoms with van der Waals surface area (Å²) in [6, 6.07) is 16.1. The fourth-order valence-corrected chi connectivity index (χ4v) is 8.10. The quantitative estimate of drug-likeness (QED) is 0.357. The number of pyridine rings is 1. The Kier molecular flexibility index (Phi) is 7.97. The minimum absolute atomic E-state index is 0.123. The Morgan fingerprint density at radius 3 is 2.30 bits per heavy atom. The molecule has 1 aromatic heterocycles. The highest BCUT2D eigenvalue weighted by atomic mass is 32.2. The summed E-state index contributed by atoms with van der Waals surface area (Å²) in [7, 11) is -3.71. The topological polar surface area (TPSA) is 119 Å². The molecular weight excluding hydrogens is 527 g/mol. The van der Waals surface area contributed by atoms with Crippen molar-refractivity contribution in [2.75, 3.05) is 10.8 Å². The summed E-state index contributed by atoms with van der Waals surface area (Å²) in [4.78, 5) is 16.0. The maximum Gasteiger partial charge on any atom is 0.238 e. The highest BCUT2D eigenvalue weighted by Crippen LogP contribution is 2.41. The number of anilines is 1. The van der Waals surface area contributed by atoms with Gasteiger partial charge < -0.3 is 11.5 Å². The van der Waals surface area contributed by atoms with Gasteiger partial charge in [0.25, 0.3) is 0 Å². The number of hydrogen-bond acceptors (Lipinski definition) is 5. The van der Waals surface area contributed by atoms with E-state index in [4.69, 9.17) is 16.5 Å². The average molecular weight is 565 g/mol. The van der Waals surface area contributed by atoms with E-state index in [1.54, 1.807) is 37.4 Å². The van der Waals surface area contributed by atoms with E-state index in [-0.39, 0.29) is 30.3 Å². The molecule has 212 valence electrons. The molecule has 0 bridgehead atoms. The van der Waals surface area contributed by atoms with E-state index in [0.29, 0.717) is 48.2 Å². The van der Waals surface area contributed by atoms with Crippen LogP contribution in [0.4, 0.5) is 10.1 Å². The monoisotopic (exact) mass is 564 g/mol. The summed E-state index contributed by atoms with van der Waals surface area (Å²) in [5, 5.41) is -0.559. The molecule has 2 aromatic carbocycles. The minimum Gasteiger partial charge on any atom is -0.370 e. The maximum absolute atomic E-state index is 15.1. The molecule has 0 radical (unpaired) electrons. The van der Waals surface area contributed by atoms with Crippen LogP contribution in [0.5, 0.6) is 0 Å². The van der Waals surface area contributed by atoms with Crippen LogP contribution in [-0.2, 0) is 20.4 Å². The normalized spacial score (nSPS) is 20.5. The van der Waals surface area contributed by atoms with Crippen LogP contribution in [0.1, 0.15) is 63.9 Å². The lowest BCUT2D eigenvalue weighted by Gasteiger charge is -2.38. The van der Waals surface area contributed by atoms with Crippen LogP contribution in [0, 0.1) is 11.7 Å². The van der Waals surface area contributed by atoms with Crippen LogP contribution in [0.15, 0.2) is 60.8 Å². The molecule has 40 heavy (non-hydrogen) atoms. The van der Waals surface area contributed by atoms with Gasteiger partial charge in [-0.2, -0.15) is 0 Å². The maximum atomic E-state index is 15.1. The molecule has 9 heteroatoms. The number of aromatic nitrogens is 1. The number of amides is 1. The number of carbonyl (C=O) groups is 1. The Bertz CT molecular complexity index is 1480. The zero-order valence-electron chi connectivity index (χ0n) is 22.9. The first-order valence-electron chi connectivity index (χ1n) is 14.1. The zero-order valence-corrected chi connectivity index (χ0v) is 23.7. The largest absolute Gasteiger partial charge is 0.370 e. The van der Waals surface area contributed by atoms with E-state index in [0.717, 1.165) is 30.4 Å². The number of carbonyl (C=O) groups excluding carboxylic acids is 1. The van der Waals surface area contributed by atoms with E-state index in [1.165, 1.54) is 10.4 Å². The van der Waals surface area contributed by atoms with Gasteiger partial charge in [-0.05, 0) is 75.5 Å². The molecule has 0 saturated heterocycles. The van der Waals surface area contributed by atoms with Gasteiger partial charge in [-0.25, -0.2) is 12.8 Å². The van der Waals surface area contributed by atoms with Crippen LogP contribution in [-0.4, -0.2) is 31.1 Å². The molecule has 0 atom stereocenters. The lowest BCUT2D eigenvalue weighted by molar-refractivity contribution is -0.119. The number of rotatable bonds is 9. The zero-order chi connectivity index (χ0) is 28.5. The summed E-state index contributed by atoms with van der Waals surface area (Å²) in [5.41, 5.74) is 15.3. The molecule has 5 rings (SSSR count).